The van der Waals surface area contributed by atoms with Crippen LogP contribution in [0.15, 0.2) is 35.5 Å². The van der Waals surface area contributed by atoms with Crippen molar-refractivity contribution in [3.8, 4) is 0 Å². The molecule has 1 saturated carbocycles. The maximum Gasteiger partial charge on any atom is 0.191 e. The Morgan fingerprint density at radius 2 is 2.00 bits per heavy atom. The molecule has 0 unspecified atom stereocenters. The molecule has 18 heavy (non-hydrogen) atoms. The molecule has 2 aromatic rings. The van der Waals surface area contributed by atoms with Gasteiger partial charge >= 0.3 is 0 Å². The van der Waals surface area contributed by atoms with Crippen LogP contribution in [0.4, 0.5) is 0 Å². The zero-order valence-corrected chi connectivity index (χ0v) is 11.4. The van der Waals surface area contributed by atoms with Crippen molar-refractivity contribution in [2.24, 2.45) is 0 Å². The summed E-state index contributed by atoms with van der Waals surface area (Å²) in [6, 6.07) is 10.6. The molecule has 0 radical (unpaired) electrons. The minimum atomic E-state index is 0.646. The number of thioether (sulfide) groups is 1. The molecule has 1 aliphatic rings. The van der Waals surface area contributed by atoms with E-state index < -0.39 is 0 Å². The highest BCUT2D eigenvalue weighted by Crippen LogP contribution is 2.40. The SMILES string of the molecule is CCSc1nnc(C2CC2)n1Cc1ccccc1. The number of benzene rings is 1. The highest BCUT2D eigenvalue weighted by Gasteiger charge is 2.30. The summed E-state index contributed by atoms with van der Waals surface area (Å²) in [4.78, 5) is 0. The van der Waals surface area contributed by atoms with Crippen molar-refractivity contribution in [3.63, 3.8) is 0 Å². The molecule has 0 N–H and O–H groups in total. The molecular weight excluding hydrogens is 242 g/mol. The fraction of sp³-hybridized carbons (Fsp3) is 0.429. The van der Waals surface area contributed by atoms with E-state index in [2.05, 4.69) is 52.0 Å². The normalized spacial score (nSPS) is 14.9. The summed E-state index contributed by atoms with van der Waals surface area (Å²) in [5.41, 5.74) is 1.32. The standard InChI is InChI=1S/C14H17N3S/c1-2-18-14-16-15-13(12-8-9-12)17(14)10-11-6-4-3-5-7-11/h3-7,12H,2,8-10H2,1H3. The molecule has 1 aromatic heterocycles. The van der Waals surface area contributed by atoms with E-state index in [1.54, 1.807) is 11.8 Å². The van der Waals surface area contributed by atoms with Gasteiger partial charge in [-0.1, -0.05) is 49.0 Å². The van der Waals surface area contributed by atoms with Crippen LogP contribution in [0, 0.1) is 0 Å². The first-order valence-electron chi connectivity index (χ1n) is 6.48. The van der Waals surface area contributed by atoms with Gasteiger partial charge < -0.3 is 4.57 Å². The van der Waals surface area contributed by atoms with E-state index in [0.717, 1.165) is 17.5 Å². The van der Waals surface area contributed by atoms with E-state index in [0.29, 0.717) is 5.92 Å². The molecule has 1 aliphatic carbocycles. The van der Waals surface area contributed by atoms with Crippen LogP contribution in [0.2, 0.25) is 0 Å². The molecule has 0 spiro atoms. The van der Waals surface area contributed by atoms with Crippen molar-refractivity contribution in [3.05, 3.63) is 41.7 Å². The quantitative estimate of drug-likeness (QED) is 0.772. The third-order valence-electron chi connectivity index (χ3n) is 3.14. The van der Waals surface area contributed by atoms with Crippen LogP contribution in [0.3, 0.4) is 0 Å². The largest absolute Gasteiger partial charge is 0.301 e. The Morgan fingerprint density at radius 1 is 1.22 bits per heavy atom. The van der Waals surface area contributed by atoms with Gasteiger partial charge in [-0.2, -0.15) is 0 Å². The van der Waals surface area contributed by atoms with Crippen molar-refractivity contribution in [2.75, 3.05) is 5.75 Å². The molecule has 1 heterocycles. The van der Waals surface area contributed by atoms with Crippen LogP contribution < -0.4 is 0 Å². The van der Waals surface area contributed by atoms with Gasteiger partial charge in [0, 0.05) is 5.92 Å². The Morgan fingerprint density at radius 3 is 2.67 bits per heavy atom. The van der Waals surface area contributed by atoms with Gasteiger partial charge in [0.15, 0.2) is 5.16 Å². The van der Waals surface area contributed by atoms with Crippen LogP contribution in [-0.2, 0) is 6.54 Å². The summed E-state index contributed by atoms with van der Waals surface area (Å²) >= 11 is 1.78. The molecule has 0 atom stereocenters. The van der Waals surface area contributed by atoms with Gasteiger partial charge in [-0.25, -0.2) is 0 Å². The van der Waals surface area contributed by atoms with Crippen LogP contribution >= 0.6 is 11.8 Å². The van der Waals surface area contributed by atoms with Crippen LogP contribution in [-0.4, -0.2) is 20.5 Å². The van der Waals surface area contributed by atoms with Gasteiger partial charge in [0.1, 0.15) is 5.82 Å². The highest BCUT2D eigenvalue weighted by molar-refractivity contribution is 7.99. The zero-order chi connectivity index (χ0) is 12.4. The second-order valence-corrected chi connectivity index (χ2v) is 5.85. The first-order valence-corrected chi connectivity index (χ1v) is 7.47. The minimum absolute atomic E-state index is 0.646. The molecule has 4 heteroatoms. The molecule has 3 nitrogen and oxygen atoms in total. The van der Waals surface area contributed by atoms with Crippen LogP contribution in [0.5, 0.6) is 0 Å². The number of aromatic nitrogens is 3. The third-order valence-corrected chi connectivity index (χ3v) is 3.99. The van der Waals surface area contributed by atoms with E-state index in [1.807, 2.05) is 0 Å². The molecular formula is C14H17N3S. The first kappa shape index (κ1) is 11.8. The minimum Gasteiger partial charge on any atom is -0.301 e. The number of hydrogen-bond acceptors (Lipinski definition) is 3. The highest BCUT2D eigenvalue weighted by atomic mass is 32.2. The summed E-state index contributed by atoms with van der Waals surface area (Å²) in [6.07, 6.45) is 2.54. The lowest BCUT2D eigenvalue weighted by molar-refractivity contribution is 0.668. The van der Waals surface area contributed by atoms with Crippen molar-refractivity contribution < 1.29 is 0 Å². The van der Waals surface area contributed by atoms with E-state index >= 15 is 0 Å². The van der Waals surface area contributed by atoms with E-state index in [9.17, 15) is 0 Å². The Labute approximate surface area is 112 Å². The van der Waals surface area contributed by atoms with Gasteiger partial charge in [0.25, 0.3) is 0 Å². The summed E-state index contributed by atoms with van der Waals surface area (Å²) < 4.78 is 2.29. The van der Waals surface area contributed by atoms with Crippen molar-refractivity contribution in [2.45, 2.75) is 37.4 Å². The molecule has 0 saturated heterocycles. The zero-order valence-electron chi connectivity index (χ0n) is 10.5. The van der Waals surface area contributed by atoms with E-state index in [1.165, 1.54) is 24.2 Å². The summed E-state index contributed by atoms with van der Waals surface area (Å²) in [6.45, 7) is 3.05. The van der Waals surface area contributed by atoms with Crippen LogP contribution in [0.25, 0.3) is 0 Å². The summed E-state index contributed by atoms with van der Waals surface area (Å²) in [7, 11) is 0. The second-order valence-electron chi connectivity index (χ2n) is 4.62. The van der Waals surface area contributed by atoms with Crippen molar-refractivity contribution in [1.82, 2.24) is 14.8 Å². The topological polar surface area (TPSA) is 30.7 Å². The predicted molar refractivity (Wildman–Crippen MR) is 73.9 cm³/mol. The molecule has 0 aliphatic heterocycles. The number of nitrogens with zero attached hydrogens (tertiary/aromatic N) is 3. The van der Waals surface area contributed by atoms with E-state index in [4.69, 9.17) is 0 Å². The number of rotatable bonds is 5. The van der Waals surface area contributed by atoms with Gasteiger partial charge in [-0.05, 0) is 24.2 Å². The summed E-state index contributed by atoms with van der Waals surface area (Å²) in [5.74, 6) is 2.86. The van der Waals surface area contributed by atoms with Gasteiger partial charge in [-0.3, -0.25) is 0 Å². The maximum atomic E-state index is 4.39. The lowest BCUT2D eigenvalue weighted by Crippen LogP contribution is -2.05. The molecule has 94 valence electrons. The number of hydrogen-bond donors (Lipinski definition) is 0. The lowest BCUT2D eigenvalue weighted by Gasteiger charge is -2.09. The molecule has 0 amide bonds. The predicted octanol–water partition coefficient (Wildman–Crippen LogP) is 3.32. The lowest BCUT2D eigenvalue weighted by atomic mass is 10.2. The van der Waals surface area contributed by atoms with Crippen LogP contribution in [0.1, 0.15) is 37.1 Å². The molecule has 0 bridgehead atoms. The monoisotopic (exact) mass is 259 g/mol. The van der Waals surface area contributed by atoms with Gasteiger partial charge in [0.2, 0.25) is 0 Å². The average Bonchev–Trinajstić information content (AvgIpc) is 3.17. The Kier molecular flexibility index (Phi) is 3.37. The maximum absolute atomic E-state index is 4.39. The van der Waals surface area contributed by atoms with Crippen molar-refractivity contribution >= 4 is 11.8 Å². The van der Waals surface area contributed by atoms with Gasteiger partial charge in [0.05, 0.1) is 6.54 Å². The summed E-state index contributed by atoms with van der Waals surface area (Å²) in [5, 5.41) is 9.78. The van der Waals surface area contributed by atoms with Gasteiger partial charge in [-0.15, -0.1) is 10.2 Å². The Balaban J connectivity index is 1.90. The van der Waals surface area contributed by atoms with E-state index in [-0.39, 0.29) is 0 Å². The Hall–Kier alpha value is -1.29. The molecule has 1 fully saturated rings. The average molecular weight is 259 g/mol. The second kappa shape index (κ2) is 5.14. The van der Waals surface area contributed by atoms with Crippen molar-refractivity contribution in [1.29, 1.82) is 0 Å². The fourth-order valence-electron chi connectivity index (χ4n) is 2.09. The first-order chi connectivity index (χ1) is 8.88. The smallest absolute Gasteiger partial charge is 0.191 e. The Bertz CT molecular complexity index is 517. The third kappa shape index (κ3) is 2.43. The fourth-order valence-corrected chi connectivity index (χ4v) is 2.76. The molecule has 1 aromatic carbocycles. The molecule has 3 rings (SSSR count).